The van der Waals surface area contributed by atoms with Gasteiger partial charge in [-0.15, -0.1) is 0 Å². The van der Waals surface area contributed by atoms with Crippen molar-refractivity contribution in [3.63, 3.8) is 0 Å². The molecule has 0 saturated carbocycles. The van der Waals surface area contributed by atoms with Crippen LogP contribution in [0.15, 0.2) is 24.3 Å². The number of nitrogens with two attached hydrogens (primary N) is 1. The molecule has 1 rings (SSSR count). The molecule has 0 aliphatic rings. The van der Waals surface area contributed by atoms with Crippen molar-refractivity contribution in [3.8, 4) is 11.5 Å². The maximum Gasteiger partial charge on any atom is 0.161 e. The standard InChI is InChI=1S/C14H23NO3/c1-11(16)14(2,10-15)8-9-18-13-7-5-4-6-12(13)17-3/h4-7,11,16H,8-10,15H2,1-3H3. The van der Waals surface area contributed by atoms with Crippen molar-refractivity contribution >= 4 is 0 Å². The Kier molecular flexibility index (Phi) is 5.44. The van der Waals surface area contributed by atoms with Gasteiger partial charge in [0.25, 0.3) is 0 Å². The fourth-order valence-corrected chi connectivity index (χ4v) is 1.61. The van der Waals surface area contributed by atoms with Crippen molar-refractivity contribution in [1.82, 2.24) is 0 Å². The highest BCUT2D eigenvalue weighted by Gasteiger charge is 2.28. The average molecular weight is 253 g/mol. The molecular weight excluding hydrogens is 230 g/mol. The van der Waals surface area contributed by atoms with Gasteiger partial charge >= 0.3 is 0 Å². The Hall–Kier alpha value is -1.26. The van der Waals surface area contributed by atoms with Gasteiger partial charge in [-0.2, -0.15) is 0 Å². The number of benzene rings is 1. The van der Waals surface area contributed by atoms with Crippen molar-refractivity contribution < 1.29 is 14.6 Å². The zero-order valence-corrected chi connectivity index (χ0v) is 11.3. The molecule has 0 aliphatic heterocycles. The van der Waals surface area contributed by atoms with E-state index in [9.17, 15) is 5.11 Å². The molecule has 0 saturated heterocycles. The van der Waals surface area contributed by atoms with Crippen LogP contribution >= 0.6 is 0 Å². The van der Waals surface area contributed by atoms with Gasteiger partial charge in [-0.25, -0.2) is 0 Å². The predicted molar refractivity (Wildman–Crippen MR) is 71.9 cm³/mol. The summed E-state index contributed by atoms with van der Waals surface area (Å²) < 4.78 is 10.9. The number of hydrogen-bond donors (Lipinski definition) is 2. The summed E-state index contributed by atoms with van der Waals surface area (Å²) in [6.07, 6.45) is 0.239. The maximum atomic E-state index is 9.71. The van der Waals surface area contributed by atoms with Gasteiger partial charge in [0.05, 0.1) is 19.8 Å². The monoisotopic (exact) mass is 253 g/mol. The molecule has 0 spiro atoms. The highest BCUT2D eigenvalue weighted by Crippen LogP contribution is 2.28. The third kappa shape index (κ3) is 3.62. The molecule has 4 heteroatoms. The minimum absolute atomic E-state index is 0.317. The number of aliphatic hydroxyl groups is 1. The Labute approximate surface area is 109 Å². The van der Waals surface area contributed by atoms with Gasteiger partial charge in [0.1, 0.15) is 0 Å². The lowest BCUT2D eigenvalue weighted by molar-refractivity contribution is 0.0410. The Balaban J connectivity index is 2.56. The van der Waals surface area contributed by atoms with Gasteiger partial charge in [0.15, 0.2) is 11.5 Å². The summed E-state index contributed by atoms with van der Waals surface area (Å²) in [4.78, 5) is 0. The summed E-state index contributed by atoms with van der Waals surface area (Å²) in [5.74, 6) is 1.42. The van der Waals surface area contributed by atoms with E-state index in [1.165, 1.54) is 0 Å². The molecule has 1 aromatic carbocycles. The molecule has 18 heavy (non-hydrogen) atoms. The number of rotatable bonds is 7. The summed E-state index contributed by atoms with van der Waals surface area (Å²) >= 11 is 0. The molecule has 0 aliphatic carbocycles. The van der Waals surface area contributed by atoms with E-state index in [0.717, 1.165) is 0 Å². The molecule has 1 aromatic rings. The zero-order chi connectivity index (χ0) is 13.6. The Morgan fingerprint density at radius 1 is 1.33 bits per heavy atom. The van der Waals surface area contributed by atoms with Crippen molar-refractivity contribution in [2.24, 2.45) is 11.1 Å². The summed E-state index contributed by atoms with van der Waals surface area (Å²) in [5, 5.41) is 9.71. The van der Waals surface area contributed by atoms with Crippen LogP contribution in [0.3, 0.4) is 0 Å². The van der Waals surface area contributed by atoms with Gasteiger partial charge in [-0.1, -0.05) is 19.1 Å². The Bertz CT molecular complexity index is 368. The van der Waals surface area contributed by atoms with Crippen LogP contribution in [0.25, 0.3) is 0 Å². The lowest BCUT2D eigenvalue weighted by Crippen LogP contribution is -2.38. The van der Waals surface area contributed by atoms with E-state index in [2.05, 4.69) is 0 Å². The minimum Gasteiger partial charge on any atom is -0.493 e. The second-order valence-electron chi connectivity index (χ2n) is 4.78. The van der Waals surface area contributed by atoms with Crippen LogP contribution in [0.1, 0.15) is 20.3 Å². The zero-order valence-electron chi connectivity index (χ0n) is 11.3. The molecule has 0 heterocycles. The molecule has 102 valence electrons. The molecule has 0 amide bonds. The highest BCUT2D eigenvalue weighted by atomic mass is 16.5. The fourth-order valence-electron chi connectivity index (χ4n) is 1.61. The van der Waals surface area contributed by atoms with Gasteiger partial charge in [-0.3, -0.25) is 0 Å². The van der Waals surface area contributed by atoms with Crippen molar-refractivity contribution in [1.29, 1.82) is 0 Å². The average Bonchev–Trinajstić information content (AvgIpc) is 2.38. The molecule has 0 aromatic heterocycles. The second-order valence-corrected chi connectivity index (χ2v) is 4.78. The molecule has 3 N–H and O–H groups in total. The molecule has 2 atom stereocenters. The highest BCUT2D eigenvalue weighted by molar-refractivity contribution is 5.39. The molecule has 0 bridgehead atoms. The van der Waals surface area contributed by atoms with Crippen molar-refractivity contribution in [2.45, 2.75) is 26.4 Å². The van der Waals surface area contributed by atoms with Crippen LogP contribution < -0.4 is 15.2 Å². The summed E-state index contributed by atoms with van der Waals surface area (Å²) in [6.45, 7) is 4.65. The smallest absolute Gasteiger partial charge is 0.161 e. The number of hydrogen-bond acceptors (Lipinski definition) is 4. The molecule has 0 radical (unpaired) electrons. The van der Waals surface area contributed by atoms with E-state index in [0.29, 0.717) is 31.1 Å². The van der Waals surface area contributed by atoms with E-state index in [4.69, 9.17) is 15.2 Å². The summed E-state index contributed by atoms with van der Waals surface area (Å²) in [7, 11) is 1.61. The number of aliphatic hydroxyl groups excluding tert-OH is 1. The number of ether oxygens (including phenoxy) is 2. The largest absolute Gasteiger partial charge is 0.493 e. The van der Waals surface area contributed by atoms with E-state index >= 15 is 0 Å². The summed E-state index contributed by atoms with van der Waals surface area (Å²) in [6, 6.07) is 7.51. The van der Waals surface area contributed by atoms with Crippen molar-refractivity contribution in [3.05, 3.63) is 24.3 Å². The Morgan fingerprint density at radius 3 is 2.44 bits per heavy atom. The van der Waals surface area contributed by atoms with Gasteiger partial charge in [-0.05, 0) is 25.5 Å². The lowest BCUT2D eigenvalue weighted by Gasteiger charge is -2.31. The SMILES string of the molecule is COc1ccccc1OCCC(C)(CN)C(C)O. The first-order valence-electron chi connectivity index (χ1n) is 6.17. The van der Waals surface area contributed by atoms with Crippen LogP contribution in [0, 0.1) is 5.41 Å². The topological polar surface area (TPSA) is 64.7 Å². The number of para-hydroxylation sites is 2. The van der Waals surface area contributed by atoms with E-state index < -0.39 is 6.10 Å². The summed E-state index contributed by atoms with van der Waals surface area (Å²) in [5.41, 5.74) is 5.39. The van der Waals surface area contributed by atoms with Gasteiger partial charge in [0.2, 0.25) is 0 Å². The van der Waals surface area contributed by atoms with Crippen LogP contribution in [0.4, 0.5) is 0 Å². The quantitative estimate of drug-likeness (QED) is 0.778. The van der Waals surface area contributed by atoms with E-state index in [1.807, 2.05) is 31.2 Å². The van der Waals surface area contributed by atoms with Crippen molar-refractivity contribution in [2.75, 3.05) is 20.3 Å². The predicted octanol–water partition coefficient (Wildman–Crippen LogP) is 1.81. The first-order chi connectivity index (χ1) is 8.53. The second kappa shape index (κ2) is 6.61. The number of methoxy groups -OCH3 is 1. The minimum atomic E-state index is -0.455. The van der Waals surface area contributed by atoms with Crippen LogP contribution in [-0.2, 0) is 0 Å². The Morgan fingerprint density at radius 2 is 1.94 bits per heavy atom. The van der Waals surface area contributed by atoms with E-state index in [-0.39, 0.29) is 5.41 Å². The maximum absolute atomic E-state index is 9.71. The molecule has 4 nitrogen and oxygen atoms in total. The lowest BCUT2D eigenvalue weighted by atomic mass is 9.82. The van der Waals surface area contributed by atoms with E-state index in [1.54, 1.807) is 14.0 Å². The van der Waals surface area contributed by atoms with Crippen LogP contribution in [0.2, 0.25) is 0 Å². The first kappa shape index (κ1) is 14.8. The first-order valence-corrected chi connectivity index (χ1v) is 6.17. The normalized spacial score (nSPS) is 15.8. The van der Waals surface area contributed by atoms with Crippen LogP contribution in [-0.4, -0.2) is 31.5 Å². The van der Waals surface area contributed by atoms with Gasteiger partial charge < -0.3 is 20.3 Å². The van der Waals surface area contributed by atoms with Gasteiger partial charge in [0, 0.05) is 12.0 Å². The molecule has 2 unspecified atom stereocenters. The third-order valence-corrected chi connectivity index (χ3v) is 3.47. The third-order valence-electron chi connectivity index (χ3n) is 3.47. The molecular formula is C14H23NO3. The van der Waals surface area contributed by atoms with Crippen LogP contribution in [0.5, 0.6) is 11.5 Å². The molecule has 0 fully saturated rings. The fraction of sp³-hybridized carbons (Fsp3) is 0.571.